The maximum atomic E-state index is 13.9. The summed E-state index contributed by atoms with van der Waals surface area (Å²) >= 11 is 0. The highest BCUT2D eigenvalue weighted by molar-refractivity contribution is 4.86. The van der Waals surface area contributed by atoms with Crippen LogP contribution in [-0.2, 0) is 4.74 Å². The standard InChI is InChI=1S/C12H24FNO/c1-11(2)15-9-5-8-14-10-12(13)6-3-4-7-12/h11,14H,3-10H2,1-2H3. The van der Waals surface area contributed by atoms with Crippen LogP contribution in [0, 0.1) is 0 Å². The van der Waals surface area contributed by atoms with Gasteiger partial charge < -0.3 is 10.1 Å². The summed E-state index contributed by atoms with van der Waals surface area (Å²) in [6.07, 6.45) is 4.84. The third-order valence-corrected chi connectivity index (χ3v) is 2.89. The predicted octanol–water partition coefficient (Wildman–Crippen LogP) is 2.67. The number of nitrogens with one attached hydrogen (secondary N) is 1. The van der Waals surface area contributed by atoms with Crippen LogP contribution in [0.3, 0.4) is 0 Å². The lowest BCUT2D eigenvalue weighted by atomic mass is 10.1. The minimum absolute atomic E-state index is 0.298. The summed E-state index contributed by atoms with van der Waals surface area (Å²) in [6, 6.07) is 0. The van der Waals surface area contributed by atoms with Crippen LogP contribution in [0.1, 0.15) is 46.0 Å². The average Bonchev–Trinajstić information content (AvgIpc) is 2.58. The molecule has 1 aliphatic carbocycles. The number of hydrogen-bond acceptors (Lipinski definition) is 2. The Labute approximate surface area is 92.6 Å². The van der Waals surface area contributed by atoms with Crippen LogP contribution in [0.5, 0.6) is 0 Å². The molecule has 0 aromatic heterocycles. The van der Waals surface area contributed by atoms with Gasteiger partial charge in [0, 0.05) is 13.2 Å². The van der Waals surface area contributed by atoms with Gasteiger partial charge in [0.1, 0.15) is 5.67 Å². The van der Waals surface area contributed by atoms with E-state index < -0.39 is 5.67 Å². The molecule has 0 saturated heterocycles. The third-order valence-electron chi connectivity index (χ3n) is 2.89. The highest BCUT2D eigenvalue weighted by Gasteiger charge is 2.32. The van der Waals surface area contributed by atoms with Crippen LogP contribution in [-0.4, -0.2) is 31.5 Å². The zero-order chi connectivity index (χ0) is 11.1. The van der Waals surface area contributed by atoms with E-state index in [0.29, 0.717) is 12.6 Å². The van der Waals surface area contributed by atoms with Gasteiger partial charge in [-0.25, -0.2) is 4.39 Å². The molecular formula is C12H24FNO. The molecule has 0 aromatic rings. The topological polar surface area (TPSA) is 21.3 Å². The Morgan fingerprint density at radius 1 is 1.33 bits per heavy atom. The molecule has 1 N–H and O–H groups in total. The molecule has 0 radical (unpaired) electrons. The Hall–Kier alpha value is -0.150. The molecule has 1 rings (SSSR count). The van der Waals surface area contributed by atoms with Crippen molar-refractivity contribution >= 4 is 0 Å². The second-order valence-corrected chi connectivity index (χ2v) is 4.81. The molecule has 0 aromatic carbocycles. The molecule has 0 amide bonds. The van der Waals surface area contributed by atoms with Gasteiger partial charge in [-0.15, -0.1) is 0 Å². The predicted molar refractivity (Wildman–Crippen MR) is 60.9 cm³/mol. The number of rotatable bonds is 7. The zero-order valence-electron chi connectivity index (χ0n) is 10.0. The Bertz CT molecular complexity index is 167. The first kappa shape index (κ1) is 12.9. The Kier molecular flexibility index (Phi) is 5.54. The van der Waals surface area contributed by atoms with Crippen molar-refractivity contribution in [3.63, 3.8) is 0 Å². The van der Waals surface area contributed by atoms with Crippen molar-refractivity contribution in [1.82, 2.24) is 5.32 Å². The van der Waals surface area contributed by atoms with Gasteiger partial charge in [0.05, 0.1) is 6.10 Å². The summed E-state index contributed by atoms with van der Waals surface area (Å²) in [5.74, 6) is 0. The van der Waals surface area contributed by atoms with Gasteiger partial charge >= 0.3 is 0 Å². The Morgan fingerprint density at radius 3 is 2.60 bits per heavy atom. The fraction of sp³-hybridized carbons (Fsp3) is 1.00. The van der Waals surface area contributed by atoms with Crippen molar-refractivity contribution in [2.24, 2.45) is 0 Å². The highest BCUT2D eigenvalue weighted by Crippen LogP contribution is 2.32. The van der Waals surface area contributed by atoms with E-state index in [1.165, 1.54) is 0 Å². The Morgan fingerprint density at radius 2 is 2.00 bits per heavy atom. The molecule has 0 spiro atoms. The van der Waals surface area contributed by atoms with Gasteiger partial charge in [0.25, 0.3) is 0 Å². The van der Waals surface area contributed by atoms with Crippen molar-refractivity contribution < 1.29 is 9.13 Å². The van der Waals surface area contributed by atoms with Gasteiger partial charge in [0.15, 0.2) is 0 Å². The molecule has 0 heterocycles. The van der Waals surface area contributed by atoms with Gasteiger partial charge in [-0.2, -0.15) is 0 Å². The maximum Gasteiger partial charge on any atom is 0.123 e. The van der Waals surface area contributed by atoms with E-state index in [1.807, 2.05) is 13.8 Å². The van der Waals surface area contributed by atoms with Crippen molar-refractivity contribution in [2.75, 3.05) is 19.7 Å². The van der Waals surface area contributed by atoms with Gasteiger partial charge in [0.2, 0.25) is 0 Å². The van der Waals surface area contributed by atoms with Crippen molar-refractivity contribution in [1.29, 1.82) is 0 Å². The zero-order valence-corrected chi connectivity index (χ0v) is 10.0. The fourth-order valence-corrected chi connectivity index (χ4v) is 2.01. The molecule has 1 aliphatic rings. The van der Waals surface area contributed by atoms with Crippen LogP contribution in [0.15, 0.2) is 0 Å². The van der Waals surface area contributed by atoms with Crippen molar-refractivity contribution in [3.8, 4) is 0 Å². The monoisotopic (exact) mass is 217 g/mol. The van der Waals surface area contributed by atoms with E-state index in [1.54, 1.807) is 0 Å². The van der Waals surface area contributed by atoms with Crippen LogP contribution >= 0.6 is 0 Å². The molecular weight excluding hydrogens is 193 g/mol. The lowest BCUT2D eigenvalue weighted by Crippen LogP contribution is -2.34. The summed E-state index contributed by atoms with van der Waals surface area (Å²) in [5.41, 5.74) is -0.918. The molecule has 2 nitrogen and oxygen atoms in total. The number of alkyl halides is 1. The van der Waals surface area contributed by atoms with Crippen LogP contribution < -0.4 is 5.32 Å². The second kappa shape index (κ2) is 6.44. The highest BCUT2D eigenvalue weighted by atomic mass is 19.1. The van der Waals surface area contributed by atoms with E-state index in [9.17, 15) is 4.39 Å². The molecule has 0 bridgehead atoms. The maximum absolute atomic E-state index is 13.9. The fourth-order valence-electron chi connectivity index (χ4n) is 2.01. The Balaban J connectivity index is 1.92. The van der Waals surface area contributed by atoms with Gasteiger partial charge in [-0.3, -0.25) is 0 Å². The van der Waals surface area contributed by atoms with E-state index in [0.717, 1.165) is 45.3 Å². The smallest absolute Gasteiger partial charge is 0.123 e. The largest absolute Gasteiger partial charge is 0.379 e. The minimum Gasteiger partial charge on any atom is -0.379 e. The molecule has 90 valence electrons. The summed E-state index contributed by atoms with van der Waals surface area (Å²) in [6.45, 7) is 6.21. The third kappa shape index (κ3) is 5.47. The van der Waals surface area contributed by atoms with Crippen LogP contribution in [0.2, 0.25) is 0 Å². The molecule has 0 aliphatic heterocycles. The van der Waals surface area contributed by atoms with E-state index >= 15 is 0 Å². The molecule has 1 saturated carbocycles. The SMILES string of the molecule is CC(C)OCCCNCC1(F)CCCC1. The summed E-state index contributed by atoms with van der Waals surface area (Å²) in [4.78, 5) is 0. The molecule has 1 fully saturated rings. The molecule has 0 atom stereocenters. The summed E-state index contributed by atoms with van der Waals surface area (Å²) in [7, 11) is 0. The molecule has 15 heavy (non-hydrogen) atoms. The van der Waals surface area contributed by atoms with Crippen LogP contribution in [0.4, 0.5) is 4.39 Å². The lowest BCUT2D eigenvalue weighted by molar-refractivity contribution is 0.0760. The summed E-state index contributed by atoms with van der Waals surface area (Å²) in [5, 5.41) is 3.19. The molecule has 3 heteroatoms. The molecule has 0 unspecified atom stereocenters. The number of hydrogen-bond donors (Lipinski definition) is 1. The van der Waals surface area contributed by atoms with E-state index in [2.05, 4.69) is 5.32 Å². The van der Waals surface area contributed by atoms with E-state index in [-0.39, 0.29) is 0 Å². The van der Waals surface area contributed by atoms with Crippen LogP contribution in [0.25, 0.3) is 0 Å². The van der Waals surface area contributed by atoms with Gasteiger partial charge in [-0.1, -0.05) is 12.8 Å². The minimum atomic E-state index is -0.918. The van der Waals surface area contributed by atoms with Crippen molar-refractivity contribution in [2.45, 2.75) is 57.7 Å². The lowest BCUT2D eigenvalue weighted by Gasteiger charge is -2.19. The summed E-state index contributed by atoms with van der Waals surface area (Å²) < 4.78 is 19.3. The first-order valence-corrected chi connectivity index (χ1v) is 6.14. The van der Waals surface area contributed by atoms with Crippen molar-refractivity contribution in [3.05, 3.63) is 0 Å². The first-order valence-electron chi connectivity index (χ1n) is 6.14. The second-order valence-electron chi connectivity index (χ2n) is 4.81. The first-order chi connectivity index (χ1) is 7.12. The normalized spacial score (nSPS) is 20.0. The average molecular weight is 217 g/mol. The number of ether oxygens (including phenoxy) is 1. The van der Waals surface area contributed by atoms with E-state index in [4.69, 9.17) is 4.74 Å². The quantitative estimate of drug-likeness (QED) is 0.662. The number of halogens is 1. The van der Waals surface area contributed by atoms with Gasteiger partial charge in [-0.05, 0) is 39.7 Å².